The van der Waals surface area contributed by atoms with Gasteiger partial charge in [-0.05, 0) is 46.8 Å². The number of benzene rings is 1. The number of rotatable bonds is 8. The van der Waals surface area contributed by atoms with Crippen LogP contribution in [0.3, 0.4) is 0 Å². The van der Waals surface area contributed by atoms with Crippen molar-refractivity contribution in [2.24, 2.45) is 0 Å². The lowest BCUT2D eigenvalue weighted by molar-refractivity contribution is -0.881. The molecule has 0 saturated heterocycles. The molecule has 0 aromatic heterocycles. The molecular weight excluding hydrogens is 334 g/mol. The maximum absolute atomic E-state index is 12.4. The molecule has 1 aromatic carbocycles. The van der Waals surface area contributed by atoms with Crippen molar-refractivity contribution in [3.8, 4) is 0 Å². The largest absolute Gasteiger partial charge is 0.462 e. The van der Waals surface area contributed by atoms with Crippen molar-refractivity contribution in [2.45, 2.75) is 40.2 Å². The van der Waals surface area contributed by atoms with Crippen LogP contribution in [-0.4, -0.2) is 49.6 Å². The SMILES string of the molecule is CCOC(=O)c1ccccc1NC(=O)C[NH+](CC)CC(=O)NC(C)(C)C. The van der Waals surface area contributed by atoms with Crippen LogP contribution < -0.4 is 15.5 Å². The van der Waals surface area contributed by atoms with Crippen LogP contribution >= 0.6 is 0 Å². The van der Waals surface area contributed by atoms with Gasteiger partial charge in [0, 0.05) is 5.54 Å². The van der Waals surface area contributed by atoms with Crippen molar-refractivity contribution in [1.82, 2.24) is 5.32 Å². The quantitative estimate of drug-likeness (QED) is 0.590. The van der Waals surface area contributed by atoms with Gasteiger partial charge in [0.25, 0.3) is 11.8 Å². The summed E-state index contributed by atoms with van der Waals surface area (Å²) in [5.41, 5.74) is 0.410. The topological polar surface area (TPSA) is 88.9 Å². The standard InChI is InChI=1S/C19H29N3O4/c1-6-22(13-17(24)21-19(3,4)5)12-16(23)20-15-11-9-8-10-14(15)18(25)26-7-2/h8-11H,6-7,12-13H2,1-5H3,(H,20,23)(H,21,24)/p+1. The second-order valence-corrected chi connectivity index (χ2v) is 7.07. The molecule has 1 atom stereocenters. The van der Waals surface area contributed by atoms with E-state index < -0.39 is 5.97 Å². The fourth-order valence-corrected chi connectivity index (χ4v) is 2.40. The number of likely N-dealkylation sites (N-methyl/N-ethyl adjacent to an activating group) is 1. The van der Waals surface area contributed by atoms with Gasteiger partial charge < -0.3 is 20.3 Å². The molecule has 3 N–H and O–H groups in total. The zero-order chi connectivity index (χ0) is 19.7. The molecule has 0 bridgehead atoms. The van der Waals surface area contributed by atoms with Gasteiger partial charge >= 0.3 is 5.97 Å². The van der Waals surface area contributed by atoms with Gasteiger partial charge in [-0.25, -0.2) is 4.79 Å². The number of nitrogens with one attached hydrogen (secondary N) is 3. The molecule has 0 radical (unpaired) electrons. The highest BCUT2D eigenvalue weighted by Gasteiger charge is 2.21. The number of ether oxygens (including phenoxy) is 1. The van der Waals surface area contributed by atoms with Crippen LogP contribution in [0.4, 0.5) is 5.69 Å². The molecular formula is C19H30N3O4+. The predicted molar refractivity (Wildman–Crippen MR) is 100 cm³/mol. The minimum absolute atomic E-state index is 0.103. The monoisotopic (exact) mass is 364 g/mol. The Labute approximate surface area is 155 Å². The third-order valence-electron chi connectivity index (χ3n) is 3.53. The summed E-state index contributed by atoms with van der Waals surface area (Å²) in [4.78, 5) is 37.2. The minimum Gasteiger partial charge on any atom is -0.462 e. The highest BCUT2D eigenvalue weighted by Crippen LogP contribution is 2.15. The maximum Gasteiger partial charge on any atom is 0.340 e. The van der Waals surface area contributed by atoms with Gasteiger partial charge in [0.05, 0.1) is 24.4 Å². The summed E-state index contributed by atoms with van der Waals surface area (Å²) in [6.07, 6.45) is 0. The summed E-state index contributed by atoms with van der Waals surface area (Å²) in [6.45, 7) is 10.6. The first-order valence-corrected chi connectivity index (χ1v) is 8.86. The molecule has 1 unspecified atom stereocenters. The summed E-state index contributed by atoms with van der Waals surface area (Å²) in [5.74, 6) is -0.844. The van der Waals surface area contributed by atoms with Crippen LogP contribution in [0, 0.1) is 0 Å². The summed E-state index contributed by atoms with van der Waals surface area (Å²) in [7, 11) is 0. The first kappa shape index (κ1) is 21.6. The normalized spacial score (nSPS) is 12.2. The molecule has 0 saturated carbocycles. The molecule has 0 aliphatic heterocycles. The summed E-state index contributed by atoms with van der Waals surface area (Å²) in [6, 6.07) is 6.71. The highest BCUT2D eigenvalue weighted by atomic mass is 16.5. The van der Waals surface area contributed by atoms with Crippen LogP contribution in [-0.2, 0) is 14.3 Å². The number of carbonyl (C=O) groups is 3. The van der Waals surface area contributed by atoms with Crippen LogP contribution in [0.15, 0.2) is 24.3 Å². The average Bonchev–Trinajstić information content (AvgIpc) is 2.53. The molecule has 0 spiro atoms. The van der Waals surface area contributed by atoms with Gasteiger partial charge in [0.1, 0.15) is 0 Å². The lowest BCUT2D eigenvalue weighted by Crippen LogP contribution is -3.14. The summed E-state index contributed by atoms with van der Waals surface area (Å²) in [5, 5.41) is 5.64. The third-order valence-corrected chi connectivity index (χ3v) is 3.53. The molecule has 1 aromatic rings. The second kappa shape index (κ2) is 9.91. The third kappa shape index (κ3) is 7.65. The smallest absolute Gasteiger partial charge is 0.340 e. The number of esters is 1. The van der Waals surface area contributed by atoms with Crippen LogP contribution in [0.5, 0.6) is 0 Å². The van der Waals surface area contributed by atoms with Crippen LogP contribution in [0.2, 0.25) is 0 Å². The molecule has 0 aliphatic rings. The van der Waals surface area contributed by atoms with E-state index in [1.807, 2.05) is 27.7 Å². The molecule has 7 heteroatoms. The Kier molecular flexibility index (Phi) is 8.25. The Hall–Kier alpha value is -2.41. The number of hydrogen-bond acceptors (Lipinski definition) is 4. The van der Waals surface area contributed by atoms with Gasteiger partial charge in [-0.2, -0.15) is 0 Å². The van der Waals surface area contributed by atoms with E-state index >= 15 is 0 Å². The fourth-order valence-electron chi connectivity index (χ4n) is 2.40. The number of quaternary nitrogens is 1. The molecule has 0 aliphatic carbocycles. The van der Waals surface area contributed by atoms with E-state index in [-0.39, 0.29) is 37.0 Å². The van der Waals surface area contributed by atoms with Gasteiger partial charge in [-0.3, -0.25) is 9.59 Å². The zero-order valence-corrected chi connectivity index (χ0v) is 16.3. The van der Waals surface area contributed by atoms with Crippen molar-refractivity contribution in [3.05, 3.63) is 29.8 Å². The second-order valence-electron chi connectivity index (χ2n) is 7.07. The number of para-hydroxylation sites is 1. The molecule has 26 heavy (non-hydrogen) atoms. The maximum atomic E-state index is 12.4. The number of carbonyl (C=O) groups excluding carboxylic acids is 3. The zero-order valence-electron chi connectivity index (χ0n) is 16.3. The Morgan fingerprint density at radius 1 is 1.04 bits per heavy atom. The molecule has 2 amide bonds. The minimum atomic E-state index is -0.479. The first-order valence-electron chi connectivity index (χ1n) is 8.86. The Balaban J connectivity index is 2.70. The Morgan fingerprint density at radius 2 is 1.65 bits per heavy atom. The average molecular weight is 364 g/mol. The van der Waals surface area contributed by atoms with E-state index in [1.165, 1.54) is 0 Å². The summed E-state index contributed by atoms with van der Waals surface area (Å²) >= 11 is 0. The number of hydrogen-bond donors (Lipinski definition) is 3. The highest BCUT2D eigenvalue weighted by molar-refractivity contribution is 6.01. The molecule has 0 fully saturated rings. The van der Waals surface area contributed by atoms with Crippen molar-refractivity contribution in [3.63, 3.8) is 0 Å². The van der Waals surface area contributed by atoms with Crippen molar-refractivity contribution in [1.29, 1.82) is 0 Å². The Morgan fingerprint density at radius 3 is 2.23 bits per heavy atom. The van der Waals surface area contributed by atoms with E-state index in [1.54, 1.807) is 31.2 Å². The number of anilines is 1. The van der Waals surface area contributed by atoms with Crippen molar-refractivity contribution >= 4 is 23.5 Å². The van der Waals surface area contributed by atoms with E-state index in [0.717, 1.165) is 4.90 Å². The molecule has 144 valence electrons. The fraction of sp³-hybridized carbons (Fsp3) is 0.526. The van der Waals surface area contributed by atoms with E-state index in [0.29, 0.717) is 17.8 Å². The molecule has 1 rings (SSSR count). The van der Waals surface area contributed by atoms with E-state index in [9.17, 15) is 14.4 Å². The predicted octanol–water partition coefficient (Wildman–Crippen LogP) is 0.621. The molecule has 0 heterocycles. The molecule has 7 nitrogen and oxygen atoms in total. The Bertz CT molecular complexity index is 638. The van der Waals surface area contributed by atoms with E-state index in [2.05, 4.69) is 10.6 Å². The lowest BCUT2D eigenvalue weighted by Gasteiger charge is -2.23. The van der Waals surface area contributed by atoms with Crippen molar-refractivity contribution < 1.29 is 24.0 Å². The lowest BCUT2D eigenvalue weighted by atomic mass is 10.1. The van der Waals surface area contributed by atoms with Crippen LogP contribution in [0.1, 0.15) is 45.0 Å². The van der Waals surface area contributed by atoms with Gasteiger partial charge in [0.15, 0.2) is 13.1 Å². The first-order chi connectivity index (χ1) is 12.2. The van der Waals surface area contributed by atoms with E-state index in [4.69, 9.17) is 4.74 Å². The summed E-state index contributed by atoms with van der Waals surface area (Å²) < 4.78 is 5.00. The van der Waals surface area contributed by atoms with Crippen LogP contribution in [0.25, 0.3) is 0 Å². The van der Waals surface area contributed by atoms with Crippen molar-refractivity contribution in [2.75, 3.05) is 31.6 Å². The number of amides is 2. The van der Waals surface area contributed by atoms with Gasteiger partial charge in [-0.15, -0.1) is 0 Å². The van der Waals surface area contributed by atoms with Gasteiger partial charge in [0.2, 0.25) is 0 Å². The van der Waals surface area contributed by atoms with Gasteiger partial charge in [-0.1, -0.05) is 12.1 Å².